The molecule has 1 N–H and O–H groups in total. The average molecular weight is 434 g/mol. The van der Waals surface area contributed by atoms with Crippen LogP contribution in [0.5, 0.6) is 5.75 Å². The molecule has 3 rings (SSSR count). The molecule has 0 aliphatic carbocycles. The van der Waals surface area contributed by atoms with Gasteiger partial charge in [-0.3, -0.25) is 4.98 Å². The molecule has 166 valence electrons. The van der Waals surface area contributed by atoms with Crippen molar-refractivity contribution in [2.24, 2.45) is 5.92 Å². The molecule has 0 amide bonds. The number of benzene rings is 2. The third-order valence-electron chi connectivity index (χ3n) is 6.00. The Kier molecular flexibility index (Phi) is 6.84. The minimum absolute atomic E-state index is 0.149. The van der Waals surface area contributed by atoms with Gasteiger partial charge in [-0.15, -0.1) is 0 Å². The van der Waals surface area contributed by atoms with Gasteiger partial charge in [0.15, 0.2) is 0 Å². The molecule has 0 radical (unpaired) electrons. The van der Waals surface area contributed by atoms with Crippen LogP contribution in [0.4, 0.5) is 17.6 Å². The van der Waals surface area contributed by atoms with Crippen molar-refractivity contribution in [3.8, 4) is 5.75 Å². The van der Waals surface area contributed by atoms with Gasteiger partial charge in [0.2, 0.25) is 0 Å². The number of ether oxygens (including phenoxy) is 1. The third-order valence-corrected chi connectivity index (χ3v) is 6.00. The largest absolute Gasteiger partial charge is 0.496 e. The van der Waals surface area contributed by atoms with E-state index in [-0.39, 0.29) is 24.2 Å². The lowest BCUT2D eigenvalue weighted by Crippen LogP contribution is -2.44. The van der Waals surface area contributed by atoms with Crippen LogP contribution in [0.3, 0.4) is 0 Å². The summed E-state index contributed by atoms with van der Waals surface area (Å²) in [5.41, 5.74) is -0.0230. The number of pyridine rings is 1. The van der Waals surface area contributed by atoms with E-state index < -0.39 is 23.3 Å². The van der Waals surface area contributed by atoms with Crippen molar-refractivity contribution in [1.29, 1.82) is 0 Å². The van der Waals surface area contributed by atoms with Crippen LogP contribution in [-0.2, 0) is 11.8 Å². The lowest BCUT2D eigenvalue weighted by atomic mass is 9.66. The quantitative estimate of drug-likeness (QED) is 0.464. The van der Waals surface area contributed by atoms with E-state index in [1.807, 2.05) is 0 Å². The van der Waals surface area contributed by atoms with Crippen LogP contribution in [0, 0.1) is 11.7 Å². The molecule has 0 fully saturated rings. The molecular weight excluding hydrogens is 408 g/mol. The predicted octanol–water partition coefficient (Wildman–Crippen LogP) is 5.67. The highest BCUT2D eigenvalue weighted by Crippen LogP contribution is 2.49. The Morgan fingerprint density at radius 2 is 1.84 bits per heavy atom. The van der Waals surface area contributed by atoms with Gasteiger partial charge >= 0.3 is 6.18 Å². The highest BCUT2D eigenvalue weighted by molar-refractivity contribution is 5.81. The fourth-order valence-corrected chi connectivity index (χ4v) is 4.26. The number of nitrogens with one attached hydrogen (secondary N) is 1. The maximum atomic E-state index is 14.6. The summed E-state index contributed by atoms with van der Waals surface area (Å²) in [7, 11) is 3.07. The number of rotatable bonds is 8. The first-order valence-corrected chi connectivity index (χ1v) is 10.1. The molecule has 0 aliphatic heterocycles. The van der Waals surface area contributed by atoms with Crippen LogP contribution in [0.1, 0.15) is 24.5 Å². The van der Waals surface area contributed by atoms with E-state index in [0.29, 0.717) is 23.0 Å². The van der Waals surface area contributed by atoms with Crippen molar-refractivity contribution in [3.05, 3.63) is 71.7 Å². The van der Waals surface area contributed by atoms with Crippen LogP contribution in [0.15, 0.2) is 54.7 Å². The Balaban J connectivity index is 2.18. The molecule has 0 bridgehead atoms. The summed E-state index contributed by atoms with van der Waals surface area (Å²) < 4.78 is 63.3. The molecule has 3 aromatic rings. The molecule has 0 aliphatic rings. The first-order valence-electron chi connectivity index (χ1n) is 10.1. The van der Waals surface area contributed by atoms with E-state index in [4.69, 9.17) is 4.74 Å². The second-order valence-corrected chi connectivity index (χ2v) is 7.90. The van der Waals surface area contributed by atoms with Gasteiger partial charge in [0.1, 0.15) is 11.6 Å². The molecule has 0 saturated heterocycles. The molecule has 2 aromatic carbocycles. The minimum Gasteiger partial charge on any atom is -0.496 e. The van der Waals surface area contributed by atoms with Crippen LogP contribution in [-0.4, -0.2) is 31.9 Å². The van der Waals surface area contributed by atoms with E-state index in [2.05, 4.69) is 10.3 Å². The van der Waals surface area contributed by atoms with E-state index in [1.165, 1.54) is 25.4 Å². The molecule has 2 unspecified atom stereocenters. The molecule has 0 saturated carbocycles. The van der Waals surface area contributed by atoms with Gasteiger partial charge < -0.3 is 10.1 Å². The highest BCUT2D eigenvalue weighted by Gasteiger charge is 2.52. The summed E-state index contributed by atoms with van der Waals surface area (Å²) in [6, 6.07) is 12.5. The summed E-state index contributed by atoms with van der Waals surface area (Å²) >= 11 is 0. The van der Waals surface area contributed by atoms with Crippen molar-refractivity contribution in [3.63, 3.8) is 0 Å². The van der Waals surface area contributed by atoms with Crippen LogP contribution in [0.25, 0.3) is 10.9 Å². The summed E-state index contributed by atoms with van der Waals surface area (Å²) in [6.07, 6.45) is -3.11. The van der Waals surface area contributed by atoms with E-state index >= 15 is 0 Å². The number of fused-ring (bicyclic) bond motifs is 1. The Labute approximate surface area is 179 Å². The van der Waals surface area contributed by atoms with E-state index in [0.717, 1.165) is 6.07 Å². The predicted molar refractivity (Wildman–Crippen MR) is 114 cm³/mol. The molecular formula is C24H26F4N2O. The van der Waals surface area contributed by atoms with Gasteiger partial charge in [0, 0.05) is 22.6 Å². The molecule has 0 spiro atoms. The first-order chi connectivity index (χ1) is 14.7. The fraction of sp³-hybridized carbons (Fsp3) is 0.375. The van der Waals surface area contributed by atoms with Crippen molar-refractivity contribution in [2.45, 2.75) is 31.4 Å². The van der Waals surface area contributed by atoms with Gasteiger partial charge in [0.05, 0.1) is 18.5 Å². The van der Waals surface area contributed by atoms with Gasteiger partial charge in [0.25, 0.3) is 0 Å². The van der Waals surface area contributed by atoms with Crippen molar-refractivity contribution >= 4 is 10.9 Å². The number of nitrogens with zero attached hydrogens (tertiary/aromatic N) is 1. The van der Waals surface area contributed by atoms with Crippen LogP contribution < -0.4 is 10.1 Å². The normalized spacial score (nSPS) is 14.9. The summed E-state index contributed by atoms with van der Waals surface area (Å²) in [4.78, 5) is 4.26. The van der Waals surface area contributed by atoms with Crippen molar-refractivity contribution in [2.75, 3.05) is 20.7 Å². The van der Waals surface area contributed by atoms with E-state index in [9.17, 15) is 17.6 Å². The fourth-order valence-electron chi connectivity index (χ4n) is 4.26. The van der Waals surface area contributed by atoms with Crippen LogP contribution in [0.2, 0.25) is 0 Å². The Morgan fingerprint density at radius 3 is 2.52 bits per heavy atom. The standard InChI is InChI=1S/C24H26F4N2O/c1-23(11-13-29-2,19-15-17(25)8-9-21(19)31-3)22(24(26,27)28)14-16-10-12-30-20-7-5-4-6-18(16)20/h4-10,12,15,22,29H,11,13-14H2,1-3H3. The maximum absolute atomic E-state index is 14.6. The number of hydrogen-bond acceptors (Lipinski definition) is 3. The molecule has 2 atom stereocenters. The second kappa shape index (κ2) is 9.22. The Bertz CT molecular complexity index is 1030. The second-order valence-electron chi connectivity index (χ2n) is 7.90. The molecule has 7 heteroatoms. The topological polar surface area (TPSA) is 34.1 Å². The van der Waals surface area contributed by atoms with Gasteiger partial charge in [-0.1, -0.05) is 25.1 Å². The van der Waals surface area contributed by atoms with Crippen LogP contribution >= 0.6 is 0 Å². The number of aromatic nitrogens is 1. The van der Waals surface area contributed by atoms with Gasteiger partial charge in [-0.05, 0) is 62.3 Å². The summed E-state index contributed by atoms with van der Waals surface area (Å²) in [5, 5.41) is 3.62. The lowest BCUT2D eigenvalue weighted by Gasteiger charge is -2.40. The third kappa shape index (κ3) is 4.82. The zero-order valence-electron chi connectivity index (χ0n) is 17.8. The van der Waals surface area contributed by atoms with Gasteiger partial charge in [-0.25, -0.2) is 4.39 Å². The number of methoxy groups -OCH3 is 1. The summed E-state index contributed by atoms with van der Waals surface area (Å²) in [5.74, 6) is -2.12. The molecule has 1 heterocycles. The monoisotopic (exact) mass is 434 g/mol. The Hall–Kier alpha value is -2.67. The number of para-hydroxylation sites is 1. The highest BCUT2D eigenvalue weighted by atomic mass is 19.4. The number of hydrogen-bond donors (Lipinski definition) is 1. The molecule has 31 heavy (non-hydrogen) atoms. The SMILES string of the molecule is CNCCC(C)(c1cc(F)ccc1OC)C(Cc1ccnc2ccccc12)C(F)(F)F. The smallest absolute Gasteiger partial charge is 0.392 e. The average Bonchev–Trinajstić information content (AvgIpc) is 2.75. The van der Waals surface area contributed by atoms with Gasteiger partial charge in [-0.2, -0.15) is 13.2 Å². The number of halogens is 4. The molecule has 1 aromatic heterocycles. The maximum Gasteiger partial charge on any atom is 0.392 e. The zero-order chi connectivity index (χ0) is 22.6. The van der Waals surface area contributed by atoms with Crippen molar-refractivity contribution < 1.29 is 22.3 Å². The first kappa shape index (κ1) is 23.0. The molecule has 3 nitrogen and oxygen atoms in total. The summed E-state index contributed by atoms with van der Waals surface area (Å²) in [6.45, 7) is 1.88. The zero-order valence-corrected chi connectivity index (χ0v) is 17.8. The van der Waals surface area contributed by atoms with E-state index in [1.54, 1.807) is 44.3 Å². The lowest BCUT2D eigenvalue weighted by molar-refractivity contribution is -0.193. The Morgan fingerprint density at radius 1 is 1.10 bits per heavy atom. The minimum atomic E-state index is -4.52. The number of alkyl halides is 3. The van der Waals surface area contributed by atoms with Crippen molar-refractivity contribution in [1.82, 2.24) is 10.3 Å².